The van der Waals surface area contributed by atoms with Gasteiger partial charge in [0.05, 0.1) is 6.42 Å². The first-order valence-electron chi connectivity index (χ1n) is 6.43. The van der Waals surface area contributed by atoms with Gasteiger partial charge in [-0.1, -0.05) is 30.3 Å². The second kappa shape index (κ2) is 5.23. The molecule has 0 aromatic heterocycles. The van der Waals surface area contributed by atoms with Gasteiger partial charge in [-0.2, -0.15) is 0 Å². The number of ketones is 1. The monoisotopic (exact) mass is 393 g/mol. The first-order valence-corrected chi connectivity index (χ1v) is 7.51. The molecule has 106 valence electrons. The standard InChI is InChI=1S/C16H12INO3/c17-11-6-7-13-12(8-11)16(21,15(20)18-13)9-14(19)10-4-2-1-3-5-10/h1-8,21H,9H2,(H,18,20)/t16-/m1/s1. The smallest absolute Gasteiger partial charge is 0.261 e. The minimum atomic E-state index is -1.80. The number of nitrogens with one attached hydrogen (secondary N) is 1. The van der Waals surface area contributed by atoms with Crippen LogP contribution < -0.4 is 5.32 Å². The van der Waals surface area contributed by atoms with Gasteiger partial charge in [0.25, 0.3) is 5.91 Å². The van der Waals surface area contributed by atoms with Crippen molar-refractivity contribution in [3.63, 3.8) is 0 Å². The van der Waals surface area contributed by atoms with Crippen molar-refractivity contribution in [1.82, 2.24) is 0 Å². The van der Waals surface area contributed by atoms with E-state index in [4.69, 9.17) is 0 Å². The molecule has 0 saturated carbocycles. The lowest BCUT2D eigenvalue weighted by molar-refractivity contribution is -0.133. The van der Waals surface area contributed by atoms with E-state index in [9.17, 15) is 14.7 Å². The molecule has 1 aliphatic heterocycles. The number of carbonyl (C=O) groups excluding carboxylic acids is 2. The fourth-order valence-electron chi connectivity index (χ4n) is 2.45. The molecule has 1 aliphatic rings. The predicted octanol–water partition coefficient (Wildman–Crippen LogP) is 2.70. The summed E-state index contributed by atoms with van der Waals surface area (Å²) in [5.74, 6) is -0.816. The van der Waals surface area contributed by atoms with Crippen LogP contribution >= 0.6 is 22.6 Å². The molecule has 4 nitrogen and oxygen atoms in total. The van der Waals surface area contributed by atoms with Gasteiger partial charge in [-0.05, 0) is 40.8 Å². The Hall–Kier alpha value is -1.73. The normalized spacial score (nSPS) is 20.0. The summed E-state index contributed by atoms with van der Waals surface area (Å²) in [6.45, 7) is 0. The largest absolute Gasteiger partial charge is 0.375 e. The van der Waals surface area contributed by atoms with Crippen LogP contribution in [0.1, 0.15) is 22.3 Å². The molecule has 0 spiro atoms. The molecule has 0 saturated heterocycles. The van der Waals surface area contributed by atoms with Crippen LogP contribution in [0.15, 0.2) is 48.5 Å². The van der Waals surface area contributed by atoms with Gasteiger partial charge < -0.3 is 10.4 Å². The van der Waals surface area contributed by atoms with Crippen LogP contribution in [-0.2, 0) is 10.4 Å². The van der Waals surface area contributed by atoms with Gasteiger partial charge in [-0.3, -0.25) is 9.59 Å². The van der Waals surface area contributed by atoms with Crippen molar-refractivity contribution < 1.29 is 14.7 Å². The number of rotatable bonds is 3. The lowest BCUT2D eigenvalue weighted by atomic mass is 9.88. The summed E-state index contributed by atoms with van der Waals surface area (Å²) in [6, 6.07) is 14.0. The number of hydrogen-bond donors (Lipinski definition) is 2. The molecule has 0 bridgehead atoms. The summed E-state index contributed by atoms with van der Waals surface area (Å²) in [6.07, 6.45) is -0.268. The first-order chi connectivity index (χ1) is 10.0. The molecule has 2 aromatic carbocycles. The summed E-state index contributed by atoms with van der Waals surface area (Å²) in [4.78, 5) is 24.4. The molecule has 5 heteroatoms. The van der Waals surface area contributed by atoms with Gasteiger partial charge in [0.2, 0.25) is 0 Å². The SMILES string of the molecule is O=C(C[C@]1(O)C(=O)Nc2ccc(I)cc21)c1ccccc1. The van der Waals surface area contributed by atoms with Gasteiger partial charge in [0.1, 0.15) is 0 Å². The maximum Gasteiger partial charge on any atom is 0.261 e. The maximum absolute atomic E-state index is 12.3. The van der Waals surface area contributed by atoms with Crippen LogP contribution in [0.3, 0.4) is 0 Å². The molecule has 2 N–H and O–H groups in total. The number of benzene rings is 2. The van der Waals surface area contributed by atoms with Crippen LogP contribution in [-0.4, -0.2) is 16.8 Å². The van der Waals surface area contributed by atoms with E-state index in [2.05, 4.69) is 27.9 Å². The third-order valence-electron chi connectivity index (χ3n) is 3.56. The maximum atomic E-state index is 12.3. The third-order valence-corrected chi connectivity index (χ3v) is 4.23. The van der Waals surface area contributed by atoms with Crippen molar-refractivity contribution in [1.29, 1.82) is 0 Å². The molecule has 1 heterocycles. The first kappa shape index (κ1) is 14.2. The number of fused-ring (bicyclic) bond motifs is 1. The fourth-order valence-corrected chi connectivity index (χ4v) is 2.94. The fraction of sp³-hybridized carbons (Fsp3) is 0.125. The number of anilines is 1. The van der Waals surface area contributed by atoms with Crippen molar-refractivity contribution in [3.05, 3.63) is 63.2 Å². The summed E-state index contributed by atoms with van der Waals surface area (Å²) in [5, 5.41) is 13.4. The molecule has 0 aliphatic carbocycles. The Morgan fingerprint density at radius 1 is 1.19 bits per heavy atom. The second-order valence-corrected chi connectivity index (χ2v) is 6.22. The predicted molar refractivity (Wildman–Crippen MR) is 87.1 cm³/mol. The zero-order valence-electron chi connectivity index (χ0n) is 11.0. The van der Waals surface area contributed by atoms with E-state index in [1.807, 2.05) is 12.1 Å². The Morgan fingerprint density at radius 3 is 2.62 bits per heavy atom. The topological polar surface area (TPSA) is 66.4 Å². The summed E-state index contributed by atoms with van der Waals surface area (Å²) in [7, 11) is 0. The molecular weight excluding hydrogens is 381 g/mol. The number of halogens is 1. The van der Waals surface area contributed by atoms with Crippen LogP contribution in [0.2, 0.25) is 0 Å². The lowest BCUT2D eigenvalue weighted by Crippen LogP contribution is -2.36. The highest BCUT2D eigenvalue weighted by atomic mass is 127. The minimum absolute atomic E-state index is 0.264. The molecular formula is C16H12INO3. The zero-order valence-corrected chi connectivity index (χ0v) is 13.1. The van der Waals surface area contributed by atoms with Crippen molar-refractivity contribution in [2.24, 2.45) is 0 Å². The molecule has 21 heavy (non-hydrogen) atoms. The van der Waals surface area contributed by atoms with E-state index in [-0.39, 0.29) is 12.2 Å². The van der Waals surface area contributed by atoms with Crippen molar-refractivity contribution in [2.45, 2.75) is 12.0 Å². The number of carbonyl (C=O) groups is 2. The van der Waals surface area contributed by atoms with E-state index >= 15 is 0 Å². The van der Waals surface area contributed by atoms with Gasteiger partial charge >= 0.3 is 0 Å². The van der Waals surface area contributed by atoms with Gasteiger partial charge in [0, 0.05) is 20.4 Å². The van der Waals surface area contributed by atoms with Crippen LogP contribution in [0.25, 0.3) is 0 Å². The number of amides is 1. The Bertz CT molecular complexity index is 730. The quantitative estimate of drug-likeness (QED) is 0.623. The zero-order chi connectivity index (χ0) is 15.0. The van der Waals surface area contributed by atoms with E-state index < -0.39 is 11.5 Å². The molecule has 0 unspecified atom stereocenters. The van der Waals surface area contributed by atoms with Crippen molar-refractivity contribution >= 4 is 40.0 Å². The van der Waals surface area contributed by atoms with Gasteiger partial charge in [-0.15, -0.1) is 0 Å². The third kappa shape index (κ3) is 2.47. The Balaban J connectivity index is 1.97. The number of hydrogen-bond acceptors (Lipinski definition) is 3. The van der Waals surface area contributed by atoms with E-state index in [1.54, 1.807) is 36.4 Å². The average Bonchev–Trinajstić information content (AvgIpc) is 2.72. The molecule has 0 radical (unpaired) electrons. The summed E-state index contributed by atoms with van der Waals surface area (Å²) < 4.78 is 0.897. The molecule has 0 fully saturated rings. The Morgan fingerprint density at radius 2 is 1.90 bits per heavy atom. The van der Waals surface area contributed by atoms with E-state index in [1.165, 1.54) is 0 Å². The Kier molecular flexibility index (Phi) is 3.54. The van der Waals surface area contributed by atoms with E-state index in [0.29, 0.717) is 16.8 Å². The molecule has 1 amide bonds. The number of Topliss-reactive ketones (excluding diaryl/α,β-unsaturated/α-hetero) is 1. The number of aliphatic hydroxyl groups is 1. The van der Waals surface area contributed by atoms with Crippen LogP contribution in [0, 0.1) is 3.57 Å². The summed E-state index contributed by atoms with van der Waals surface area (Å²) >= 11 is 2.11. The highest BCUT2D eigenvalue weighted by Gasteiger charge is 2.46. The van der Waals surface area contributed by atoms with Crippen LogP contribution in [0.4, 0.5) is 5.69 Å². The van der Waals surface area contributed by atoms with Gasteiger partial charge in [-0.25, -0.2) is 0 Å². The van der Waals surface area contributed by atoms with Crippen LogP contribution in [0.5, 0.6) is 0 Å². The summed E-state index contributed by atoms with van der Waals surface area (Å²) in [5.41, 5.74) is -0.297. The molecule has 1 atom stereocenters. The Labute approximate surface area is 135 Å². The lowest BCUT2D eigenvalue weighted by Gasteiger charge is -2.20. The van der Waals surface area contributed by atoms with E-state index in [0.717, 1.165) is 3.57 Å². The van der Waals surface area contributed by atoms with Crippen molar-refractivity contribution in [2.75, 3.05) is 5.32 Å². The molecule has 2 aromatic rings. The highest BCUT2D eigenvalue weighted by Crippen LogP contribution is 2.39. The highest BCUT2D eigenvalue weighted by molar-refractivity contribution is 14.1. The minimum Gasteiger partial charge on any atom is -0.375 e. The average molecular weight is 393 g/mol. The second-order valence-electron chi connectivity index (χ2n) is 4.97. The van der Waals surface area contributed by atoms with Gasteiger partial charge in [0.15, 0.2) is 11.4 Å². The molecule has 3 rings (SSSR count). The van der Waals surface area contributed by atoms with Crippen molar-refractivity contribution in [3.8, 4) is 0 Å².